The van der Waals surface area contributed by atoms with Crippen LogP contribution in [0.25, 0.3) is 0 Å². The number of nitrogens with zero attached hydrogens (tertiary/aromatic N) is 2. The van der Waals surface area contributed by atoms with Crippen LogP contribution < -0.4 is 0 Å². The highest BCUT2D eigenvalue weighted by Crippen LogP contribution is 2.32. The molecule has 3 heterocycles. The van der Waals surface area contributed by atoms with E-state index in [0.717, 1.165) is 0 Å². The number of sulfone groups is 1. The number of carbonyl (C=O) groups is 1. The van der Waals surface area contributed by atoms with Gasteiger partial charge in [0, 0.05) is 5.92 Å². The van der Waals surface area contributed by atoms with Gasteiger partial charge in [-0.3, -0.25) is 0 Å². The van der Waals surface area contributed by atoms with E-state index in [1.807, 2.05) is 0 Å². The maximum absolute atomic E-state index is 11.6. The van der Waals surface area contributed by atoms with Crippen molar-refractivity contribution in [1.29, 1.82) is 0 Å². The summed E-state index contributed by atoms with van der Waals surface area (Å²) in [6, 6.07) is 0. The molecule has 1 saturated heterocycles. The second-order valence-corrected chi connectivity index (χ2v) is 7.70. The van der Waals surface area contributed by atoms with Crippen molar-refractivity contribution in [2.45, 2.75) is 37.8 Å². The smallest absolute Gasteiger partial charge is 0.356 e. The highest BCUT2D eigenvalue weighted by molar-refractivity contribution is 7.91. The molecule has 2 aliphatic heterocycles. The van der Waals surface area contributed by atoms with Gasteiger partial charge in [-0.25, -0.2) is 18.2 Å². The number of aliphatic hydroxyl groups is 1. The standard InChI is InChI=1S/C12H16N2O5S/c15-8-1-2-9-10(12(16)17)13-11(14(9)5-8)7-3-4-20(18,19)6-7/h7-8,15H,1-6H2,(H,16,17). The molecule has 0 aliphatic carbocycles. The van der Waals surface area contributed by atoms with Gasteiger partial charge in [-0.1, -0.05) is 0 Å². The lowest BCUT2D eigenvalue weighted by atomic mass is 10.0. The average Bonchev–Trinajstić information content (AvgIpc) is 2.89. The molecule has 3 rings (SSSR count). The Labute approximate surface area is 116 Å². The summed E-state index contributed by atoms with van der Waals surface area (Å²) in [5, 5.41) is 19.0. The summed E-state index contributed by atoms with van der Waals surface area (Å²) >= 11 is 0. The molecule has 0 radical (unpaired) electrons. The van der Waals surface area contributed by atoms with Gasteiger partial charge in [0.15, 0.2) is 15.5 Å². The van der Waals surface area contributed by atoms with Crippen molar-refractivity contribution in [2.75, 3.05) is 11.5 Å². The molecule has 0 spiro atoms. The lowest BCUT2D eigenvalue weighted by Gasteiger charge is -2.23. The number of carboxylic acids is 1. The summed E-state index contributed by atoms with van der Waals surface area (Å²) < 4.78 is 24.9. The van der Waals surface area contributed by atoms with Gasteiger partial charge in [0.2, 0.25) is 0 Å². The Bertz CT molecular complexity index is 664. The van der Waals surface area contributed by atoms with Crippen molar-refractivity contribution in [3.63, 3.8) is 0 Å². The second kappa shape index (κ2) is 4.56. The quantitative estimate of drug-likeness (QED) is 0.782. The molecule has 8 heteroatoms. The number of aromatic nitrogens is 2. The summed E-state index contributed by atoms with van der Waals surface area (Å²) in [4.78, 5) is 15.4. The van der Waals surface area contributed by atoms with E-state index < -0.39 is 21.9 Å². The number of hydrogen-bond acceptors (Lipinski definition) is 5. The van der Waals surface area contributed by atoms with Gasteiger partial charge < -0.3 is 14.8 Å². The fourth-order valence-corrected chi connectivity index (χ4v) is 4.79. The van der Waals surface area contributed by atoms with Gasteiger partial charge in [0.1, 0.15) is 5.82 Å². The zero-order valence-electron chi connectivity index (χ0n) is 10.8. The minimum absolute atomic E-state index is 0.00352. The minimum Gasteiger partial charge on any atom is -0.476 e. The Morgan fingerprint density at radius 3 is 2.70 bits per heavy atom. The Balaban J connectivity index is 2.05. The topological polar surface area (TPSA) is 109 Å². The van der Waals surface area contributed by atoms with E-state index in [4.69, 9.17) is 0 Å². The largest absolute Gasteiger partial charge is 0.476 e. The summed E-state index contributed by atoms with van der Waals surface area (Å²) in [5.41, 5.74) is 0.596. The average molecular weight is 300 g/mol. The lowest BCUT2D eigenvalue weighted by Crippen LogP contribution is -2.27. The molecule has 0 amide bonds. The van der Waals surface area contributed by atoms with E-state index in [9.17, 15) is 23.4 Å². The molecule has 2 N–H and O–H groups in total. The molecule has 20 heavy (non-hydrogen) atoms. The third-order valence-electron chi connectivity index (χ3n) is 4.01. The van der Waals surface area contributed by atoms with E-state index in [-0.39, 0.29) is 23.1 Å². The Morgan fingerprint density at radius 1 is 1.35 bits per heavy atom. The molecule has 110 valence electrons. The first kappa shape index (κ1) is 13.6. The van der Waals surface area contributed by atoms with Crippen molar-refractivity contribution < 1.29 is 23.4 Å². The Kier molecular flexibility index (Phi) is 3.09. The third-order valence-corrected chi connectivity index (χ3v) is 5.78. The second-order valence-electron chi connectivity index (χ2n) is 5.47. The number of carboxylic acid groups (broad SMARTS) is 1. The van der Waals surface area contributed by atoms with Crippen molar-refractivity contribution >= 4 is 15.8 Å². The van der Waals surface area contributed by atoms with E-state index >= 15 is 0 Å². The predicted octanol–water partition coefficient (Wildman–Crippen LogP) is -0.210. The maximum atomic E-state index is 11.6. The SMILES string of the molecule is O=C(O)c1nc(C2CCS(=O)(=O)C2)n2c1CCC(O)C2. The number of fused-ring (bicyclic) bond motifs is 1. The van der Waals surface area contributed by atoms with Crippen LogP contribution in [0.4, 0.5) is 0 Å². The zero-order chi connectivity index (χ0) is 14.5. The molecule has 2 unspecified atom stereocenters. The van der Waals surface area contributed by atoms with Gasteiger partial charge >= 0.3 is 5.97 Å². The zero-order valence-corrected chi connectivity index (χ0v) is 11.6. The summed E-state index contributed by atoms with van der Waals surface area (Å²) in [6.45, 7) is 0.293. The first-order valence-electron chi connectivity index (χ1n) is 6.58. The van der Waals surface area contributed by atoms with Crippen LogP contribution >= 0.6 is 0 Å². The van der Waals surface area contributed by atoms with Crippen molar-refractivity contribution in [3.05, 3.63) is 17.2 Å². The molecule has 1 fully saturated rings. The van der Waals surface area contributed by atoms with Crippen LogP contribution in [0.2, 0.25) is 0 Å². The van der Waals surface area contributed by atoms with E-state index in [1.54, 1.807) is 4.57 Å². The van der Waals surface area contributed by atoms with Gasteiger partial charge in [-0.15, -0.1) is 0 Å². The van der Waals surface area contributed by atoms with Gasteiger partial charge in [-0.05, 0) is 19.3 Å². The van der Waals surface area contributed by atoms with Crippen LogP contribution in [0.15, 0.2) is 0 Å². The first-order valence-corrected chi connectivity index (χ1v) is 8.40. The minimum atomic E-state index is -3.06. The van der Waals surface area contributed by atoms with Crippen LogP contribution in [-0.2, 0) is 22.8 Å². The van der Waals surface area contributed by atoms with Crippen molar-refractivity contribution in [3.8, 4) is 0 Å². The van der Waals surface area contributed by atoms with Gasteiger partial charge in [0.25, 0.3) is 0 Å². The fraction of sp³-hybridized carbons (Fsp3) is 0.667. The summed E-state index contributed by atoms with van der Waals surface area (Å²) in [7, 11) is -3.06. The lowest BCUT2D eigenvalue weighted by molar-refractivity contribution is 0.0686. The number of rotatable bonds is 2. The molecular weight excluding hydrogens is 284 g/mol. The highest BCUT2D eigenvalue weighted by Gasteiger charge is 2.36. The number of hydrogen-bond donors (Lipinski definition) is 2. The molecule has 2 atom stereocenters. The summed E-state index contributed by atoms with van der Waals surface area (Å²) in [5.74, 6) is -0.740. The molecule has 1 aromatic heterocycles. The van der Waals surface area contributed by atoms with Gasteiger partial charge in [-0.2, -0.15) is 0 Å². The van der Waals surface area contributed by atoms with Gasteiger partial charge in [0.05, 0.1) is 29.8 Å². The van der Waals surface area contributed by atoms with Crippen LogP contribution in [0.5, 0.6) is 0 Å². The van der Waals surface area contributed by atoms with Crippen molar-refractivity contribution in [2.24, 2.45) is 0 Å². The summed E-state index contributed by atoms with van der Waals surface area (Å²) in [6.07, 6.45) is 0.896. The normalized spacial score (nSPS) is 28.2. The molecule has 1 aromatic rings. The van der Waals surface area contributed by atoms with Crippen molar-refractivity contribution in [1.82, 2.24) is 9.55 Å². The number of aromatic carboxylic acids is 1. The number of aliphatic hydroxyl groups excluding tert-OH is 1. The maximum Gasteiger partial charge on any atom is 0.356 e. The Morgan fingerprint density at radius 2 is 2.10 bits per heavy atom. The third kappa shape index (κ3) is 2.22. The first-order chi connectivity index (χ1) is 9.37. The molecule has 0 aromatic carbocycles. The van der Waals surface area contributed by atoms with Crippen LogP contribution in [-0.4, -0.2) is 51.8 Å². The van der Waals surface area contributed by atoms with Crippen LogP contribution in [0, 0.1) is 0 Å². The van der Waals surface area contributed by atoms with E-state index in [2.05, 4.69) is 4.98 Å². The fourth-order valence-electron chi connectivity index (χ4n) is 3.05. The Hall–Kier alpha value is -1.41. The molecule has 2 aliphatic rings. The van der Waals surface area contributed by atoms with E-state index in [1.165, 1.54) is 0 Å². The number of imidazole rings is 1. The molecule has 7 nitrogen and oxygen atoms in total. The predicted molar refractivity (Wildman–Crippen MR) is 69.5 cm³/mol. The van der Waals surface area contributed by atoms with Crippen LogP contribution in [0.1, 0.15) is 40.8 Å². The van der Waals surface area contributed by atoms with E-state index in [0.29, 0.717) is 37.3 Å². The molecular formula is C12H16N2O5S. The highest BCUT2D eigenvalue weighted by atomic mass is 32.2. The molecule has 0 saturated carbocycles. The monoisotopic (exact) mass is 300 g/mol. The van der Waals surface area contributed by atoms with Crippen LogP contribution in [0.3, 0.4) is 0 Å². The molecule has 0 bridgehead atoms.